The van der Waals surface area contributed by atoms with E-state index < -0.39 is 18.0 Å². The largest absolute Gasteiger partial charge is 0.492 e. The van der Waals surface area contributed by atoms with Gasteiger partial charge in [-0.3, -0.25) is 0 Å². The number of carbonyl (C=O) groups is 1. The zero-order valence-corrected chi connectivity index (χ0v) is 12.9. The minimum atomic E-state index is -4.47. The molecule has 0 spiro atoms. The maximum atomic E-state index is 12.7. The molecule has 1 aliphatic heterocycles. The molecule has 23 heavy (non-hydrogen) atoms. The summed E-state index contributed by atoms with van der Waals surface area (Å²) in [5.41, 5.74) is -0.892. The fourth-order valence-corrected chi connectivity index (χ4v) is 2.74. The van der Waals surface area contributed by atoms with Crippen LogP contribution in [0.5, 0.6) is 5.75 Å². The van der Waals surface area contributed by atoms with E-state index in [1.807, 2.05) is 6.92 Å². The third-order valence-electron chi connectivity index (χ3n) is 4.14. The van der Waals surface area contributed by atoms with Gasteiger partial charge in [-0.05, 0) is 36.8 Å². The summed E-state index contributed by atoms with van der Waals surface area (Å²) < 4.78 is 43.5. The van der Waals surface area contributed by atoms with E-state index in [1.165, 1.54) is 17.9 Å². The fraction of sp³-hybridized carbons (Fsp3) is 0.600. The number of pyridine rings is 1. The molecule has 0 saturated carbocycles. The van der Waals surface area contributed by atoms with Crippen molar-refractivity contribution in [2.45, 2.75) is 26.4 Å². The van der Waals surface area contributed by atoms with Gasteiger partial charge in [0.25, 0.3) is 0 Å². The zero-order valence-electron chi connectivity index (χ0n) is 12.9. The number of aromatic nitrogens is 1. The average Bonchev–Trinajstić information content (AvgIpc) is 2.44. The topological polar surface area (TPSA) is 62.7 Å². The molecule has 0 unspecified atom stereocenters. The number of rotatable bonds is 3. The van der Waals surface area contributed by atoms with Gasteiger partial charge in [-0.25, -0.2) is 9.78 Å². The van der Waals surface area contributed by atoms with Gasteiger partial charge in [-0.1, -0.05) is 6.92 Å². The van der Waals surface area contributed by atoms with Crippen molar-refractivity contribution in [1.29, 1.82) is 0 Å². The summed E-state index contributed by atoms with van der Waals surface area (Å²) in [5.74, 6) is 0.583. The Bertz CT molecular complexity index is 578. The van der Waals surface area contributed by atoms with Crippen molar-refractivity contribution in [2.24, 2.45) is 11.8 Å². The molecule has 2 atom stereocenters. The van der Waals surface area contributed by atoms with Crippen LogP contribution in [0.4, 0.5) is 18.0 Å². The highest BCUT2D eigenvalue weighted by molar-refractivity contribution is 5.65. The molecule has 1 amide bonds. The van der Waals surface area contributed by atoms with Crippen molar-refractivity contribution in [2.75, 3.05) is 19.7 Å². The molecule has 0 aromatic carbocycles. The molecule has 5 nitrogen and oxygen atoms in total. The lowest BCUT2D eigenvalue weighted by Gasteiger charge is -2.35. The van der Waals surface area contributed by atoms with E-state index in [0.717, 1.165) is 6.20 Å². The van der Waals surface area contributed by atoms with Gasteiger partial charge in [-0.15, -0.1) is 0 Å². The summed E-state index contributed by atoms with van der Waals surface area (Å²) in [4.78, 5) is 15.7. The normalized spacial score (nSPS) is 22.0. The highest BCUT2D eigenvalue weighted by Crippen LogP contribution is 2.31. The van der Waals surface area contributed by atoms with Crippen LogP contribution in [0, 0.1) is 18.8 Å². The number of piperidine rings is 1. The molecule has 2 heterocycles. The van der Waals surface area contributed by atoms with Crippen LogP contribution in [0.15, 0.2) is 12.3 Å². The lowest BCUT2D eigenvalue weighted by Crippen LogP contribution is -2.43. The Kier molecular flexibility index (Phi) is 5.01. The van der Waals surface area contributed by atoms with Crippen molar-refractivity contribution in [1.82, 2.24) is 9.88 Å². The Morgan fingerprint density at radius 1 is 1.52 bits per heavy atom. The number of nitrogens with zero attached hydrogens (tertiary/aromatic N) is 2. The Balaban J connectivity index is 1.94. The summed E-state index contributed by atoms with van der Waals surface area (Å²) >= 11 is 0. The molecule has 0 radical (unpaired) electrons. The van der Waals surface area contributed by atoms with Crippen LogP contribution in [0.1, 0.15) is 24.6 Å². The molecule has 128 valence electrons. The number of alkyl halides is 3. The number of hydrogen-bond donors (Lipinski definition) is 1. The number of amides is 1. The highest BCUT2D eigenvalue weighted by atomic mass is 19.4. The summed E-state index contributed by atoms with van der Waals surface area (Å²) in [5, 5.41) is 8.97. The van der Waals surface area contributed by atoms with E-state index in [1.54, 1.807) is 0 Å². The summed E-state index contributed by atoms with van der Waals surface area (Å²) in [6, 6.07) is 1.33. The van der Waals surface area contributed by atoms with E-state index in [-0.39, 0.29) is 17.4 Å². The maximum Gasteiger partial charge on any atom is 0.433 e. The van der Waals surface area contributed by atoms with Crippen LogP contribution < -0.4 is 4.74 Å². The predicted octanol–water partition coefficient (Wildman–Crippen LogP) is 3.42. The van der Waals surface area contributed by atoms with Crippen LogP contribution in [0.3, 0.4) is 0 Å². The molecule has 2 rings (SSSR count). The van der Waals surface area contributed by atoms with Gasteiger partial charge < -0.3 is 14.7 Å². The Labute approximate surface area is 132 Å². The number of hydrogen-bond acceptors (Lipinski definition) is 3. The fourth-order valence-electron chi connectivity index (χ4n) is 2.74. The number of halogens is 3. The first-order valence-corrected chi connectivity index (χ1v) is 7.33. The first kappa shape index (κ1) is 17.4. The second-order valence-electron chi connectivity index (χ2n) is 5.90. The standard InChI is InChI=1S/C15H19F3N2O3/c1-9-5-12(6-19-13(9)15(16,17)18)23-8-11-3-4-20(14(21)22)7-10(11)2/h5-6,10-11H,3-4,7-8H2,1-2H3,(H,21,22)/t10-,11-/m0/s1. The molecule has 1 aliphatic rings. The predicted molar refractivity (Wildman–Crippen MR) is 76.3 cm³/mol. The van der Waals surface area contributed by atoms with E-state index >= 15 is 0 Å². The first-order chi connectivity index (χ1) is 10.7. The lowest BCUT2D eigenvalue weighted by atomic mass is 9.88. The monoisotopic (exact) mass is 332 g/mol. The first-order valence-electron chi connectivity index (χ1n) is 7.33. The van der Waals surface area contributed by atoms with Crippen molar-refractivity contribution in [3.63, 3.8) is 0 Å². The number of aryl methyl sites for hydroxylation is 1. The summed E-state index contributed by atoms with van der Waals surface area (Å²) in [6.45, 7) is 4.50. The smallest absolute Gasteiger partial charge is 0.433 e. The minimum absolute atomic E-state index is 0.0174. The molecule has 1 aromatic rings. The molecule has 8 heteroatoms. The van der Waals surface area contributed by atoms with Crippen LogP contribution >= 0.6 is 0 Å². The molecule has 1 fully saturated rings. The molecule has 1 N–H and O–H groups in total. The zero-order chi connectivity index (χ0) is 17.2. The van der Waals surface area contributed by atoms with Crippen LogP contribution in [-0.4, -0.2) is 40.8 Å². The number of carboxylic acid groups (broad SMARTS) is 1. The lowest BCUT2D eigenvalue weighted by molar-refractivity contribution is -0.141. The number of likely N-dealkylation sites (tertiary alicyclic amines) is 1. The van der Waals surface area contributed by atoms with Gasteiger partial charge in [0, 0.05) is 13.1 Å². The van der Waals surface area contributed by atoms with Gasteiger partial charge in [0.15, 0.2) is 0 Å². The molecule has 1 saturated heterocycles. The van der Waals surface area contributed by atoms with Crippen molar-refractivity contribution in [3.8, 4) is 5.75 Å². The van der Waals surface area contributed by atoms with E-state index in [0.29, 0.717) is 31.9 Å². The van der Waals surface area contributed by atoms with Gasteiger partial charge in [-0.2, -0.15) is 13.2 Å². The molecular weight excluding hydrogens is 313 g/mol. The molecular formula is C15H19F3N2O3. The third-order valence-corrected chi connectivity index (χ3v) is 4.14. The van der Waals surface area contributed by atoms with Gasteiger partial charge >= 0.3 is 12.3 Å². The van der Waals surface area contributed by atoms with Gasteiger partial charge in [0.1, 0.15) is 11.4 Å². The average molecular weight is 332 g/mol. The third kappa shape index (κ3) is 4.27. The SMILES string of the molecule is Cc1cc(OC[C@@H]2CCN(C(=O)O)C[C@@H]2C)cnc1C(F)(F)F. The highest BCUT2D eigenvalue weighted by Gasteiger charge is 2.34. The van der Waals surface area contributed by atoms with Gasteiger partial charge in [0.2, 0.25) is 0 Å². The van der Waals surface area contributed by atoms with E-state index in [4.69, 9.17) is 9.84 Å². The second-order valence-corrected chi connectivity index (χ2v) is 5.90. The van der Waals surface area contributed by atoms with E-state index in [2.05, 4.69) is 4.98 Å². The van der Waals surface area contributed by atoms with Crippen LogP contribution in [0.25, 0.3) is 0 Å². The summed E-state index contributed by atoms with van der Waals surface area (Å²) in [7, 11) is 0. The maximum absolute atomic E-state index is 12.7. The second kappa shape index (κ2) is 6.64. The number of ether oxygens (including phenoxy) is 1. The molecule has 0 aliphatic carbocycles. The van der Waals surface area contributed by atoms with Crippen molar-refractivity contribution in [3.05, 3.63) is 23.5 Å². The molecule has 0 bridgehead atoms. The minimum Gasteiger partial charge on any atom is -0.492 e. The quantitative estimate of drug-likeness (QED) is 0.921. The van der Waals surface area contributed by atoms with Gasteiger partial charge in [0.05, 0.1) is 12.8 Å². The van der Waals surface area contributed by atoms with Crippen molar-refractivity contribution >= 4 is 6.09 Å². The van der Waals surface area contributed by atoms with Crippen molar-refractivity contribution < 1.29 is 27.8 Å². The Morgan fingerprint density at radius 3 is 2.74 bits per heavy atom. The Morgan fingerprint density at radius 2 is 2.22 bits per heavy atom. The molecule has 1 aromatic heterocycles. The Hall–Kier alpha value is -1.99. The summed E-state index contributed by atoms with van der Waals surface area (Å²) in [6.07, 6.45) is -3.66. The van der Waals surface area contributed by atoms with E-state index in [9.17, 15) is 18.0 Å². The van der Waals surface area contributed by atoms with Crippen LogP contribution in [0.2, 0.25) is 0 Å². The van der Waals surface area contributed by atoms with Crippen LogP contribution in [-0.2, 0) is 6.18 Å².